The van der Waals surface area contributed by atoms with Crippen LogP contribution in [0.25, 0.3) is 0 Å². The third-order valence-electron chi connectivity index (χ3n) is 3.46. The Labute approximate surface area is 112 Å². The van der Waals surface area contributed by atoms with Crippen molar-refractivity contribution in [3.8, 4) is 6.07 Å². The molecule has 0 N–H and O–H groups in total. The van der Waals surface area contributed by atoms with Gasteiger partial charge < -0.3 is 9.64 Å². The first kappa shape index (κ1) is 13.3. The molecule has 0 aromatic carbocycles. The number of carbonyl (C=O) groups is 1. The minimum Gasteiger partial charge on any atom is -0.469 e. The maximum atomic E-state index is 11.5. The molecule has 1 atom stereocenters. The fraction of sp³-hybridized carbons (Fsp3) is 0.500. The predicted molar refractivity (Wildman–Crippen MR) is 70.6 cm³/mol. The standard InChI is InChI=1S/C14H17N3O2/c1-19-14(18)9-11-5-2-3-8-17(11)13-6-4-7-16-12(13)10-15/h4,6-7,11H,2-3,5,8-9H2,1H3. The van der Waals surface area contributed by atoms with E-state index in [0.29, 0.717) is 12.1 Å². The highest BCUT2D eigenvalue weighted by Crippen LogP contribution is 2.28. The summed E-state index contributed by atoms with van der Waals surface area (Å²) in [5.74, 6) is -0.209. The number of nitriles is 1. The molecule has 1 fully saturated rings. The summed E-state index contributed by atoms with van der Waals surface area (Å²) in [6.07, 6.45) is 5.07. The molecule has 0 saturated carbocycles. The summed E-state index contributed by atoms with van der Waals surface area (Å²) in [6.45, 7) is 0.849. The number of ether oxygens (including phenoxy) is 1. The van der Waals surface area contributed by atoms with Crippen molar-refractivity contribution in [2.24, 2.45) is 0 Å². The van der Waals surface area contributed by atoms with E-state index in [4.69, 9.17) is 10.00 Å². The van der Waals surface area contributed by atoms with Crippen LogP contribution in [0.3, 0.4) is 0 Å². The maximum Gasteiger partial charge on any atom is 0.307 e. The average molecular weight is 259 g/mol. The topological polar surface area (TPSA) is 66.2 Å². The van der Waals surface area contributed by atoms with Crippen molar-refractivity contribution in [1.29, 1.82) is 5.26 Å². The van der Waals surface area contributed by atoms with Gasteiger partial charge in [-0.15, -0.1) is 0 Å². The second kappa shape index (κ2) is 6.19. The summed E-state index contributed by atoms with van der Waals surface area (Å²) in [5.41, 5.74) is 1.23. The van der Waals surface area contributed by atoms with E-state index in [1.807, 2.05) is 12.1 Å². The Morgan fingerprint density at radius 3 is 3.21 bits per heavy atom. The third kappa shape index (κ3) is 3.02. The van der Waals surface area contributed by atoms with E-state index in [1.54, 1.807) is 6.20 Å². The van der Waals surface area contributed by atoms with E-state index >= 15 is 0 Å². The molecule has 1 aliphatic rings. The van der Waals surface area contributed by atoms with E-state index in [2.05, 4.69) is 16.0 Å². The van der Waals surface area contributed by atoms with Gasteiger partial charge in [-0.05, 0) is 31.4 Å². The van der Waals surface area contributed by atoms with Gasteiger partial charge in [-0.1, -0.05) is 0 Å². The Kier molecular flexibility index (Phi) is 4.35. The number of methoxy groups -OCH3 is 1. The van der Waals surface area contributed by atoms with Gasteiger partial charge in [0.05, 0.1) is 19.2 Å². The van der Waals surface area contributed by atoms with E-state index in [-0.39, 0.29) is 12.0 Å². The van der Waals surface area contributed by atoms with Gasteiger partial charge in [-0.3, -0.25) is 4.79 Å². The van der Waals surface area contributed by atoms with E-state index in [1.165, 1.54) is 7.11 Å². The molecule has 100 valence electrons. The van der Waals surface area contributed by atoms with Crippen molar-refractivity contribution in [2.75, 3.05) is 18.6 Å². The van der Waals surface area contributed by atoms with Gasteiger partial charge in [0, 0.05) is 18.8 Å². The van der Waals surface area contributed by atoms with Gasteiger partial charge in [0.25, 0.3) is 0 Å². The van der Waals surface area contributed by atoms with Crippen molar-refractivity contribution < 1.29 is 9.53 Å². The molecule has 2 heterocycles. The maximum absolute atomic E-state index is 11.5. The lowest BCUT2D eigenvalue weighted by atomic mass is 9.98. The fourth-order valence-electron chi connectivity index (χ4n) is 2.52. The number of hydrogen-bond donors (Lipinski definition) is 0. The van der Waals surface area contributed by atoms with Crippen molar-refractivity contribution in [1.82, 2.24) is 4.98 Å². The molecule has 0 aliphatic carbocycles. The lowest BCUT2D eigenvalue weighted by molar-refractivity contribution is -0.141. The molecular formula is C14H17N3O2. The second-order valence-electron chi connectivity index (χ2n) is 4.61. The van der Waals surface area contributed by atoms with Gasteiger partial charge in [0.1, 0.15) is 6.07 Å². The summed E-state index contributed by atoms with van der Waals surface area (Å²) in [5, 5.41) is 9.13. The molecule has 0 bridgehead atoms. The Balaban J connectivity index is 2.24. The number of anilines is 1. The van der Waals surface area contributed by atoms with Gasteiger partial charge in [-0.2, -0.15) is 5.26 Å². The van der Waals surface area contributed by atoms with Crippen LogP contribution in [0, 0.1) is 11.3 Å². The van der Waals surface area contributed by atoms with Crippen LogP contribution in [0.1, 0.15) is 31.4 Å². The van der Waals surface area contributed by atoms with Crippen LogP contribution in [-0.2, 0) is 9.53 Å². The summed E-state index contributed by atoms with van der Waals surface area (Å²) in [6, 6.07) is 5.92. The van der Waals surface area contributed by atoms with Gasteiger partial charge in [0.2, 0.25) is 0 Å². The Morgan fingerprint density at radius 1 is 1.63 bits per heavy atom. The highest BCUT2D eigenvalue weighted by Gasteiger charge is 2.27. The summed E-state index contributed by atoms with van der Waals surface area (Å²) in [4.78, 5) is 17.7. The van der Waals surface area contributed by atoms with Crippen molar-refractivity contribution in [2.45, 2.75) is 31.7 Å². The lowest BCUT2D eigenvalue weighted by Gasteiger charge is -2.37. The van der Waals surface area contributed by atoms with Crippen LogP contribution >= 0.6 is 0 Å². The first-order valence-corrected chi connectivity index (χ1v) is 6.45. The lowest BCUT2D eigenvalue weighted by Crippen LogP contribution is -2.41. The summed E-state index contributed by atoms with van der Waals surface area (Å²) < 4.78 is 4.75. The first-order valence-electron chi connectivity index (χ1n) is 6.45. The molecule has 2 rings (SSSR count). The SMILES string of the molecule is COC(=O)CC1CCCCN1c1cccnc1C#N. The van der Waals surface area contributed by atoms with E-state index in [0.717, 1.165) is 31.5 Å². The number of pyridine rings is 1. The molecular weight excluding hydrogens is 242 g/mol. The number of esters is 1. The second-order valence-corrected chi connectivity index (χ2v) is 4.61. The molecule has 1 aromatic heterocycles. The van der Waals surface area contributed by atoms with Gasteiger partial charge in [0.15, 0.2) is 5.69 Å². The van der Waals surface area contributed by atoms with Crippen molar-refractivity contribution in [3.63, 3.8) is 0 Å². The summed E-state index contributed by atoms with van der Waals surface area (Å²) >= 11 is 0. The smallest absolute Gasteiger partial charge is 0.307 e. The van der Waals surface area contributed by atoms with E-state index < -0.39 is 0 Å². The molecule has 1 aliphatic heterocycles. The number of nitrogens with zero attached hydrogens (tertiary/aromatic N) is 3. The van der Waals surface area contributed by atoms with Crippen LogP contribution in [0.2, 0.25) is 0 Å². The van der Waals surface area contributed by atoms with Crippen LogP contribution in [0.5, 0.6) is 0 Å². The molecule has 0 spiro atoms. The van der Waals surface area contributed by atoms with E-state index in [9.17, 15) is 4.79 Å². The molecule has 19 heavy (non-hydrogen) atoms. The van der Waals surface area contributed by atoms with Crippen LogP contribution in [0.15, 0.2) is 18.3 Å². The molecule has 1 aromatic rings. The normalized spacial score (nSPS) is 18.7. The van der Waals surface area contributed by atoms with Crippen LogP contribution in [-0.4, -0.2) is 30.6 Å². The molecule has 1 unspecified atom stereocenters. The Hall–Kier alpha value is -2.09. The van der Waals surface area contributed by atoms with Crippen LogP contribution in [0.4, 0.5) is 5.69 Å². The average Bonchev–Trinajstić information content (AvgIpc) is 2.47. The zero-order chi connectivity index (χ0) is 13.7. The quantitative estimate of drug-likeness (QED) is 0.775. The molecule has 0 amide bonds. The number of rotatable bonds is 3. The highest BCUT2D eigenvalue weighted by molar-refractivity contribution is 5.71. The number of aromatic nitrogens is 1. The summed E-state index contributed by atoms with van der Waals surface area (Å²) in [7, 11) is 1.40. The molecule has 1 saturated heterocycles. The Bertz CT molecular complexity index is 496. The number of carbonyl (C=O) groups excluding carboxylic acids is 1. The highest BCUT2D eigenvalue weighted by atomic mass is 16.5. The Morgan fingerprint density at radius 2 is 2.47 bits per heavy atom. The minimum absolute atomic E-state index is 0.0949. The zero-order valence-corrected chi connectivity index (χ0v) is 11.0. The monoisotopic (exact) mass is 259 g/mol. The molecule has 0 radical (unpaired) electrons. The predicted octanol–water partition coefficient (Wildman–Crippen LogP) is 1.88. The number of hydrogen-bond acceptors (Lipinski definition) is 5. The van der Waals surface area contributed by atoms with Crippen LogP contribution < -0.4 is 4.90 Å². The fourth-order valence-corrected chi connectivity index (χ4v) is 2.52. The van der Waals surface area contributed by atoms with Crippen molar-refractivity contribution in [3.05, 3.63) is 24.0 Å². The molecule has 5 heteroatoms. The largest absolute Gasteiger partial charge is 0.469 e. The van der Waals surface area contributed by atoms with Gasteiger partial charge >= 0.3 is 5.97 Å². The number of piperidine rings is 1. The first-order chi connectivity index (χ1) is 9.26. The third-order valence-corrected chi connectivity index (χ3v) is 3.46. The van der Waals surface area contributed by atoms with Gasteiger partial charge in [-0.25, -0.2) is 4.98 Å². The van der Waals surface area contributed by atoms with Crippen molar-refractivity contribution >= 4 is 11.7 Å². The minimum atomic E-state index is -0.209. The zero-order valence-electron chi connectivity index (χ0n) is 11.0. The molecule has 5 nitrogen and oxygen atoms in total.